The highest BCUT2D eigenvalue weighted by atomic mass is 16.5. The number of anilines is 1. The highest BCUT2D eigenvalue weighted by Gasteiger charge is 2.22. The number of benzene rings is 1. The Bertz CT molecular complexity index is 455. The number of ether oxygens (including phenoxy) is 1. The van der Waals surface area contributed by atoms with E-state index in [1.54, 1.807) is 7.11 Å². The topological polar surface area (TPSA) is 50.4 Å². The summed E-state index contributed by atoms with van der Waals surface area (Å²) >= 11 is 0. The van der Waals surface area contributed by atoms with E-state index in [1.807, 2.05) is 32.0 Å². The van der Waals surface area contributed by atoms with E-state index in [1.165, 1.54) is 5.56 Å². The van der Waals surface area contributed by atoms with Gasteiger partial charge in [-0.15, -0.1) is 0 Å². The van der Waals surface area contributed by atoms with Gasteiger partial charge in [-0.05, 0) is 38.0 Å². The van der Waals surface area contributed by atoms with Crippen molar-refractivity contribution < 1.29 is 9.53 Å². The zero-order valence-corrected chi connectivity index (χ0v) is 11.2. The van der Waals surface area contributed by atoms with E-state index in [9.17, 15) is 4.79 Å². The molecule has 1 aromatic carbocycles. The van der Waals surface area contributed by atoms with Gasteiger partial charge >= 0.3 is 0 Å². The van der Waals surface area contributed by atoms with Crippen LogP contribution in [0.1, 0.15) is 29.8 Å². The highest BCUT2D eigenvalue weighted by Crippen LogP contribution is 2.23. The van der Waals surface area contributed by atoms with Crippen LogP contribution >= 0.6 is 0 Å². The predicted octanol–water partition coefficient (Wildman–Crippen LogP) is 1.81. The third kappa shape index (κ3) is 2.82. The molecule has 18 heavy (non-hydrogen) atoms. The van der Waals surface area contributed by atoms with Gasteiger partial charge in [0, 0.05) is 24.9 Å². The first-order chi connectivity index (χ1) is 8.52. The lowest BCUT2D eigenvalue weighted by Gasteiger charge is -2.25. The maximum absolute atomic E-state index is 12.1. The van der Waals surface area contributed by atoms with Gasteiger partial charge in [0.25, 0.3) is 5.91 Å². The number of hydrogen-bond acceptors (Lipinski definition) is 3. The number of hydrogen-bond donors (Lipinski definition) is 2. The minimum atomic E-state index is -0.363. The molecule has 1 heterocycles. The number of carbonyl (C=O) groups is 1. The summed E-state index contributed by atoms with van der Waals surface area (Å²) in [4.78, 5) is 12.1. The molecule has 1 amide bonds. The Morgan fingerprint density at radius 2 is 2.28 bits per heavy atom. The molecule has 0 saturated carbocycles. The van der Waals surface area contributed by atoms with Crippen LogP contribution in [0.3, 0.4) is 0 Å². The number of amides is 1. The lowest BCUT2D eigenvalue weighted by Crippen LogP contribution is -2.46. The average Bonchev–Trinajstić information content (AvgIpc) is 2.74. The van der Waals surface area contributed by atoms with Crippen LogP contribution in [0.5, 0.6) is 0 Å². The second kappa shape index (κ2) is 4.98. The lowest BCUT2D eigenvalue weighted by molar-refractivity contribution is 0.0820. The van der Waals surface area contributed by atoms with E-state index >= 15 is 0 Å². The van der Waals surface area contributed by atoms with Crippen molar-refractivity contribution in [2.24, 2.45) is 0 Å². The van der Waals surface area contributed by atoms with Crippen molar-refractivity contribution in [1.82, 2.24) is 5.32 Å². The van der Waals surface area contributed by atoms with Crippen molar-refractivity contribution in [1.29, 1.82) is 0 Å². The molecule has 2 rings (SSSR count). The quantitative estimate of drug-likeness (QED) is 0.854. The third-order valence-corrected chi connectivity index (χ3v) is 3.04. The molecule has 0 saturated heterocycles. The first-order valence-electron chi connectivity index (χ1n) is 6.20. The van der Waals surface area contributed by atoms with Gasteiger partial charge in [0.15, 0.2) is 0 Å². The molecule has 1 aromatic rings. The molecule has 0 unspecified atom stereocenters. The fraction of sp³-hybridized carbons (Fsp3) is 0.500. The van der Waals surface area contributed by atoms with Gasteiger partial charge in [0.1, 0.15) is 0 Å². The Hall–Kier alpha value is -1.55. The van der Waals surface area contributed by atoms with Gasteiger partial charge in [-0.25, -0.2) is 0 Å². The highest BCUT2D eigenvalue weighted by molar-refractivity contribution is 5.96. The van der Waals surface area contributed by atoms with Crippen molar-refractivity contribution in [3.63, 3.8) is 0 Å². The van der Waals surface area contributed by atoms with Crippen LogP contribution in [0.15, 0.2) is 18.2 Å². The SMILES string of the molecule is COCC(C)(C)NC(=O)c1ccc2c(c1)NCC2. The Labute approximate surface area is 108 Å². The molecule has 1 aliphatic rings. The van der Waals surface area contributed by atoms with Crippen LogP contribution in [0.2, 0.25) is 0 Å². The Morgan fingerprint density at radius 3 is 3.00 bits per heavy atom. The van der Waals surface area contributed by atoms with Crippen molar-refractivity contribution in [2.75, 3.05) is 25.6 Å². The predicted molar refractivity (Wildman–Crippen MR) is 72.1 cm³/mol. The first-order valence-corrected chi connectivity index (χ1v) is 6.20. The molecule has 4 heteroatoms. The van der Waals surface area contributed by atoms with E-state index in [0.29, 0.717) is 12.2 Å². The van der Waals surface area contributed by atoms with Crippen molar-refractivity contribution in [3.8, 4) is 0 Å². The smallest absolute Gasteiger partial charge is 0.251 e. The van der Waals surface area contributed by atoms with Gasteiger partial charge in [0.05, 0.1) is 12.1 Å². The standard InChI is InChI=1S/C14H20N2O2/c1-14(2,9-18-3)16-13(17)11-5-4-10-6-7-15-12(10)8-11/h4-5,8,15H,6-7,9H2,1-3H3,(H,16,17). The van der Waals surface area contributed by atoms with Crippen molar-refractivity contribution in [3.05, 3.63) is 29.3 Å². The summed E-state index contributed by atoms with van der Waals surface area (Å²) in [6.45, 7) is 5.33. The van der Waals surface area contributed by atoms with Gasteiger partial charge in [-0.1, -0.05) is 6.07 Å². The number of fused-ring (bicyclic) bond motifs is 1. The summed E-state index contributed by atoms with van der Waals surface area (Å²) < 4.78 is 5.09. The molecule has 0 spiro atoms. The molecule has 1 aliphatic heterocycles. The normalized spacial score (nSPS) is 13.9. The van der Waals surface area contributed by atoms with E-state index < -0.39 is 0 Å². The van der Waals surface area contributed by atoms with Crippen LogP contribution in [-0.4, -0.2) is 31.7 Å². The second-order valence-electron chi connectivity index (χ2n) is 5.32. The molecule has 0 fully saturated rings. The molecule has 4 nitrogen and oxygen atoms in total. The average molecular weight is 248 g/mol. The van der Waals surface area contributed by atoms with Crippen LogP contribution < -0.4 is 10.6 Å². The molecule has 0 aromatic heterocycles. The van der Waals surface area contributed by atoms with Crippen LogP contribution in [0, 0.1) is 0 Å². The monoisotopic (exact) mass is 248 g/mol. The summed E-state index contributed by atoms with van der Waals surface area (Å²) in [5.74, 6) is -0.0615. The van der Waals surface area contributed by atoms with Gasteiger partial charge in [0.2, 0.25) is 0 Å². The van der Waals surface area contributed by atoms with E-state index in [-0.39, 0.29) is 11.4 Å². The van der Waals surface area contributed by atoms with E-state index in [4.69, 9.17) is 4.74 Å². The summed E-state index contributed by atoms with van der Waals surface area (Å²) in [6.07, 6.45) is 1.03. The maximum Gasteiger partial charge on any atom is 0.251 e. The van der Waals surface area contributed by atoms with Crippen molar-refractivity contribution >= 4 is 11.6 Å². The first kappa shape index (κ1) is 12.9. The van der Waals surface area contributed by atoms with Gasteiger partial charge < -0.3 is 15.4 Å². The fourth-order valence-corrected chi connectivity index (χ4v) is 2.21. The summed E-state index contributed by atoms with van der Waals surface area (Å²) in [6, 6.07) is 5.82. The van der Waals surface area contributed by atoms with Crippen LogP contribution in [0.4, 0.5) is 5.69 Å². The van der Waals surface area contributed by atoms with E-state index in [0.717, 1.165) is 18.7 Å². The van der Waals surface area contributed by atoms with Crippen molar-refractivity contribution in [2.45, 2.75) is 25.8 Å². The summed E-state index contributed by atoms with van der Waals surface area (Å²) in [5, 5.41) is 6.25. The van der Waals surface area contributed by atoms with Crippen LogP contribution in [0.25, 0.3) is 0 Å². The number of methoxy groups -OCH3 is 1. The maximum atomic E-state index is 12.1. The molecule has 2 N–H and O–H groups in total. The van der Waals surface area contributed by atoms with Gasteiger partial charge in [-0.2, -0.15) is 0 Å². The molecular weight excluding hydrogens is 228 g/mol. The molecule has 98 valence electrons. The second-order valence-corrected chi connectivity index (χ2v) is 5.32. The zero-order valence-electron chi connectivity index (χ0n) is 11.2. The molecule has 0 radical (unpaired) electrons. The van der Waals surface area contributed by atoms with Gasteiger partial charge in [-0.3, -0.25) is 4.79 Å². The summed E-state index contributed by atoms with van der Waals surface area (Å²) in [7, 11) is 1.63. The molecule has 0 bridgehead atoms. The molecule has 0 aliphatic carbocycles. The molecular formula is C14H20N2O2. The van der Waals surface area contributed by atoms with Crippen LogP contribution in [-0.2, 0) is 11.2 Å². The molecule has 0 atom stereocenters. The zero-order chi connectivity index (χ0) is 13.2. The number of rotatable bonds is 4. The third-order valence-electron chi connectivity index (χ3n) is 3.04. The Balaban J connectivity index is 2.10. The lowest BCUT2D eigenvalue weighted by atomic mass is 10.0. The fourth-order valence-electron chi connectivity index (χ4n) is 2.21. The number of carbonyl (C=O) groups excluding carboxylic acids is 1. The summed E-state index contributed by atoms with van der Waals surface area (Å²) in [5.41, 5.74) is 2.68. The minimum Gasteiger partial charge on any atom is -0.384 e. The largest absolute Gasteiger partial charge is 0.384 e. The Morgan fingerprint density at radius 1 is 1.50 bits per heavy atom. The minimum absolute atomic E-state index is 0.0615. The van der Waals surface area contributed by atoms with E-state index in [2.05, 4.69) is 10.6 Å². The Kier molecular flexibility index (Phi) is 3.57. The number of nitrogens with one attached hydrogen (secondary N) is 2.